The van der Waals surface area contributed by atoms with Crippen LogP contribution >= 0.6 is 23.2 Å². The minimum Gasteiger partial charge on any atom is -0.320 e. The van der Waals surface area contributed by atoms with Crippen LogP contribution in [-0.2, 0) is 12.0 Å². The number of hydrogen-bond donors (Lipinski definition) is 1. The van der Waals surface area contributed by atoms with E-state index in [-0.39, 0.29) is 5.82 Å². The molecule has 0 bridgehead atoms. The molecule has 0 aliphatic carbocycles. The highest BCUT2D eigenvalue weighted by Crippen LogP contribution is 2.32. The van der Waals surface area contributed by atoms with E-state index < -0.39 is 5.54 Å². The first-order valence-electron chi connectivity index (χ1n) is 6.30. The quantitative estimate of drug-likeness (QED) is 0.912. The van der Waals surface area contributed by atoms with Crippen LogP contribution < -0.4 is 5.73 Å². The van der Waals surface area contributed by atoms with Gasteiger partial charge in [0, 0.05) is 0 Å². The van der Waals surface area contributed by atoms with Crippen LogP contribution in [0.1, 0.15) is 24.6 Å². The summed E-state index contributed by atoms with van der Waals surface area (Å²) in [6.07, 6.45) is 2.31. The Morgan fingerprint density at radius 2 is 2.00 bits per heavy atom. The van der Waals surface area contributed by atoms with E-state index in [0.29, 0.717) is 28.6 Å². The Morgan fingerprint density at radius 1 is 1.25 bits per heavy atom. The summed E-state index contributed by atoms with van der Waals surface area (Å²) < 4.78 is 13.0. The van der Waals surface area contributed by atoms with Crippen molar-refractivity contribution in [1.82, 2.24) is 4.98 Å². The van der Waals surface area contributed by atoms with Crippen LogP contribution in [-0.4, -0.2) is 4.98 Å². The highest BCUT2D eigenvalue weighted by molar-refractivity contribution is 6.42. The molecule has 2 rings (SSSR count). The first-order valence-corrected chi connectivity index (χ1v) is 7.05. The van der Waals surface area contributed by atoms with Gasteiger partial charge in [-0.25, -0.2) is 4.39 Å². The lowest BCUT2D eigenvalue weighted by atomic mass is 9.85. The molecule has 0 spiro atoms. The van der Waals surface area contributed by atoms with Crippen LogP contribution in [0.3, 0.4) is 0 Å². The Hall–Kier alpha value is -1.16. The van der Waals surface area contributed by atoms with Gasteiger partial charge in [0.2, 0.25) is 0 Å². The van der Waals surface area contributed by atoms with Gasteiger partial charge in [0.25, 0.3) is 0 Å². The van der Waals surface area contributed by atoms with Gasteiger partial charge in [-0.2, -0.15) is 0 Å². The normalized spacial score (nSPS) is 14.1. The minimum atomic E-state index is -0.706. The van der Waals surface area contributed by atoms with Crippen molar-refractivity contribution in [2.45, 2.75) is 25.3 Å². The molecule has 2 aromatic rings. The molecule has 1 aromatic carbocycles. The van der Waals surface area contributed by atoms with Gasteiger partial charge in [0.05, 0.1) is 27.5 Å². The standard InChI is InChI=1S/C15H15Cl2FN2/c1-2-15(19,13-7-6-11(18)9-20-13)8-10-4-3-5-12(16)14(10)17/h3-7,9H,2,8,19H2,1H3. The second kappa shape index (κ2) is 6.08. The molecule has 20 heavy (non-hydrogen) atoms. The molecular formula is C15H15Cl2FN2. The molecule has 2 N–H and O–H groups in total. The highest BCUT2D eigenvalue weighted by atomic mass is 35.5. The number of aromatic nitrogens is 1. The highest BCUT2D eigenvalue weighted by Gasteiger charge is 2.28. The topological polar surface area (TPSA) is 38.9 Å². The molecule has 2 nitrogen and oxygen atoms in total. The average molecular weight is 313 g/mol. The predicted molar refractivity (Wildman–Crippen MR) is 80.5 cm³/mol. The monoisotopic (exact) mass is 312 g/mol. The van der Waals surface area contributed by atoms with Crippen molar-refractivity contribution < 1.29 is 4.39 Å². The number of rotatable bonds is 4. The molecule has 5 heteroatoms. The second-order valence-corrected chi connectivity index (χ2v) is 5.55. The van der Waals surface area contributed by atoms with E-state index in [9.17, 15) is 4.39 Å². The third kappa shape index (κ3) is 3.11. The van der Waals surface area contributed by atoms with Gasteiger partial charge >= 0.3 is 0 Å². The molecule has 0 saturated carbocycles. The number of halogens is 3. The maximum absolute atomic E-state index is 13.0. The van der Waals surface area contributed by atoms with Crippen LogP contribution in [0, 0.1) is 5.82 Å². The van der Waals surface area contributed by atoms with Crippen molar-refractivity contribution in [3.63, 3.8) is 0 Å². The first kappa shape index (κ1) is 15.2. The van der Waals surface area contributed by atoms with Gasteiger partial charge in [-0.15, -0.1) is 0 Å². The third-order valence-corrected chi connectivity index (χ3v) is 4.26. The molecule has 0 aliphatic heterocycles. The van der Waals surface area contributed by atoms with Gasteiger partial charge in [0.15, 0.2) is 0 Å². The number of hydrogen-bond acceptors (Lipinski definition) is 2. The number of nitrogens with two attached hydrogens (primary N) is 1. The molecule has 1 unspecified atom stereocenters. The average Bonchev–Trinajstić information content (AvgIpc) is 2.44. The van der Waals surface area contributed by atoms with E-state index in [1.54, 1.807) is 12.1 Å². The van der Waals surface area contributed by atoms with E-state index in [1.165, 1.54) is 12.3 Å². The van der Waals surface area contributed by atoms with Gasteiger partial charge in [-0.3, -0.25) is 4.98 Å². The molecule has 0 saturated heterocycles. The second-order valence-electron chi connectivity index (χ2n) is 4.76. The summed E-state index contributed by atoms with van der Waals surface area (Å²) in [7, 11) is 0. The maximum Gasteiger partial charge on any atom is 0.141 e. The third-order valence-electron chi connectivity index (χ3n) is 3.41. The zero-order valence-electron chi connectivity index (χ0n) is 11.0. The Morgan fingerprint density at radius 3 is 2.60 bits per heavy atom. The van der Waals surface area contributed by atoms with Gasteiger partial charge in [-0.05, 0) is 36.6 Å². The fraction of sp³-hybridized carbons (Fsp3) is 0.267. The molecule has 0 amide bonds. The number of pyridine rings is 1. The molecular weight excluding hydrogens is 298 g/mol. The predicted octanol–water partition coefficient (Wildman–Crippen LogP) is 4.33. The lowest BCUT2D eigenvalue weighted by Gasteiger charge is -2.28. The smallest absolute Gasteiger partial charge is 0.141 e. The summed E-state index contributed by atoms with van der Waals surface area (Å²) in [4.78, 5) is 4.09. The largest absolute Gasteiger partial charge is 0.320 e. The molecule has 0 fully saturated rings. The van der Waals surface area contributed by atoms with Crippen LogP contribution in [0.4, 0.5) is 4.39 Å². The van der Waals surface area contributed by atoms with Crippen LogP contribution in [0.15, 0.2) is 36.5 Å². The summed E-state index contributed by atoms with van der Waals surface area (Å²) in [5.41, 5.74) is 7.22. The molecule has 1 heterocycles. The summed E-state index contributed by atoms with van der Waals surface area (Å²) in [5, 5.41) is 0.995. The fourth-order valence-corrected chi connectivity index (χ4v) is 2.48. The zero-order valence-corrected chi connectivity index (χ0v) is 12.5. The van der Waals surface area contributed by atoms with Crippen LogP contribution in [0.25, 0.3) is 0 Å². The molecule has 106 valence electrons. The lowest BCUT2D eigenvalue weighted by molar-refractivity contribution is 0.411. The fourth-order valence-electron chi connectivity index (χ4n) is 2.09. The van der Waals surface area contributed by atoms with Crippen molar-refractivity contribution in [1.29, 1.82) is 0 Å². The van der Waals surface area contributed by atoms with Crippen molar-refractivity contribution in [2.24, 2.45) is 5.73 Å². The summed E-state index contributed by atoms with van der Waals surface area (Å²) in [5.74, 6) is -0.381. The Bertz CT molecular complexity index is 601. The van der Waals surface area contributed by atoms with Gasteiger partial charge in [0.1, 0.15) is 5.82 Å². The SMILES string of the molecule is CCC(N)(Cc1cccc(Cl)c1Cl)c1ccc(F)cn1. The van der Waals surface area contributed by atoms with Crippen molar-refractivity contribution in [2.75, 3.05) is 0 Å². The summed E-state index contributed by atoms with van der Waals surface area (Å²) >= 11 is 12.2. The van der Waals surface area contributed by atoms with Crippen LogP contribution in [0.5, 0.6) is 0 Å². The molecule has 0 aliphatic rings. The number of nitrogens with zero attached hydrogens (tertiary/aromatic N) is 1. The Labute approximate surface area is 127 Å². The Balaban J connectivity index is 2.36. The summed E-state index contributed by atoms with van der Waals surface area (Å²) in [6, 6.07) is 8.41. The van der Waals surface area contributed by atoms with Crippen molar-refractivity contribution in [3.05, 3.63) is 63.6 Å². The summed E-state index contributed by atoms with van der Waals surface area (Å²) in [6.45, 7) is 1.96. The maximum atomic E-state index is 13.0. The van der Waals surface area contributed by atoms with E-state index in [0.717, 1.165) is 5.56 Å². The Kier molecular flexibility index (Phi) is 4.63. The minimum absolute atomic E-state index is 0.381. The van der Waals surface area contributed by atoms with Gasteiger partial charge < -0.3 is 5.73 Å². The zero-order chi connectivity index (χ0) is 14.8. The van der Waals surface area contributed by atoms with E-state index in [4.69, 9.17) is 28.9 Å². The van der Waals surface area contributed by atoms with Gasteiger partial charge in [-0.1, -0.05) is 42.3 Å². The molecule has 1 atom stereocenters. The van der Waals surface area contributed by atoms with E-state index in [2.05, 4.69) is 4.98 Å². The van der Waals surface area contributed by atoms with Crippen LogP contribution in [0.2, 0.25) is 10.0 Å². The molecule has 1 aromatic heterocycles. The first-order chi connectivity index (χ1) is 9.46. The van der Waals surface area contributed by atoms with E-state index >= 15 is 0 Å². The van der Waals surface area contributed by atoms with Crippen molar-refractivity contribution in [3.8, 4) is 0 Å². The lowest BCUT2D eigenvalue weighted by Crippen LogP contribution is -2.39. The van der Waals surface area contributed by atoms with Crippen molar-refractivity contribution >= 4 is 23.2 Å². The molecule has 0 radical (unpaired) electrons. The number of benzene rings is 1. The van der Waals surface area contributed by atoms with E-state index in [1.807, 2.05) is 19.1 Å².